The molecule has 0 radical (unpaired) electrons. The maximum absolute atomic E-state index is 2.40. The molecule has 0 unspecified atom stereocenters. The zero-order valence-corrected chi connectivity index (χ0v) is 13.4. The highest BCUT2D eigenvalue weighted by atomic mass is 15.0. The number of aromatic nitrogens is 1. The summed E-state index contributed by atoms with van der Waals surface area (Å²) in [6.07, 6.45) is 27.8. The fourth-order valence-corrected chi connectivity index (χ4v) is 3.14. The van der Waals surface area contributed by atoms with Crippen LogP contribution in [0.15, 0.2) is 42.5 Å². The summed E-state index contributed by atoms with van der Waals surface area (Å²) in [5, 5.41) is 0. The van der Waals surface area contributed by atoms with Gasteiger partial charge in [0.15, 0.2) is 0 Å². The van der Waals surface area contributed by atoms with E-state index in [9.17, 15) is 0 Å². The minimum Gasteiger partial charge on any atom is -0.310 e. The van der Waals surface area contributed by atoms with E-state index in [1.54, 1.807) is 0 Å². The Kier molecular flexibility index (Phi) is 4.43. The third kappa shape index (κ3) is 2.59. The van der Waals surface area contributed by atoms with Gasteiger partial charge in [-0.3, -0.25) is 0 Å². The molecule has 0 saturated carbocycles. The summed E-state index contributed by atoms with van der Waals surface area (Å²) in [6, 6.07) is 0. The molecule has 0 saturated heterocycles. The quantitative estimate of drug-likeness (QED) is 0.626. The molecule has 22 heavy (non-hydrogen) atoms. The number of fused-ring (bicyclic) bond motifs is 1. The molecule has 0 amide bonds. The van der Waals surface area contributed by atoms with Crippen molar-refractivity contribution in [1.82, 2.24) is 4.57 Å². The smallest absolute Gasteiger partial charge is 0.0537 e. The van der Waals surface area contributed by atoms with Crippen molar-refractivity contribution in [1.29, 1.82) is 0 Å². The Labute approximate surface area is 133 Å². The summed E-state index contributed by atoms with van der Waals surface area (Å²) in [5.41, 5.74) is 6.46. The van der Waals surface area contributed by atoms with Crippen LogP contribution in [0, 0.1) is 0 Å². The van der Waals surface area contributed by atoms with Gasteiger partial charge in [0.2, 0.25) is 0 Å². The fraction of sp³-hybridized carbons (Fsp3) is 0.238. The van der Waals surface area contributed by atoms with Crippen molar-refractivity contribution in [2.75, 3.05) is 0 Å². The molecule has 2 aliphatic rings. The van der Waals surface area contributed by atoms with Gasteiger partial charge in [-0.25, -0.2) is 0 Å². The molecule has 2 aliphatic carbocycles. The Balaban J connectivity index is 2.33. The number of hydrogen-bond acceptors (Lipinski definition) is 0. The van der Waals surface area contributed by atoms with E-state index in [-0.39, 0.29) is 0 Å². The highest BCUT2D eigenvalue weighted by Gasteiger charge is 2.19. The molecule has 1 heteroatoms. The van der Waals surface area contributed by atoms with E-state index in [0.717, 1.165) is 19.3 Å². The summed E-state index contributed by atoms with van der Waals surface area (Å²) in [6.45, 7) is 4.16. The van der Waals surface area contributed by atoms with Gasteiger partial charge < -0.3 is 4.57 Å². The van der Waals surface area contributed by atoms with Gasteiger partial charge in [-0.2, -0.15) is 0 Å². The molecule has 0 bridgehead atoms. The topological polar surface area (TPSA) is 4.93 Å². The molecule has 1 aromatic heterocycles. The van der Waals surface area contributed by atoms with Crippen molar-refractivity contribution < 1.29 is 0 Å². The minimum atomic E-state index is 0.998. The van der Waals surface area contributed by atoms with Crippen LogP contribution in [0.25, 0.3) is 30.0 Å². The third-order valence-corrected chi connectivity index (χ3v) is 4.05. The van der Waals surface area contributed by atoms with E-state index in [1.165, 1.54) is 28.2 Å². The predicted molar refractivity (Wildman–Crippen MR) is 99.2 cm³/mol. The first-order valence-electron chi connectivity index (χ1n) is 8.11. The average molecular weight is 289 g/mol. The summed E-state index contributed by atoms with van der Waals surface area (Å²) in [5.74, 6) is 0. The number of allylic oxidation sites excluding steroid dienone is 8. The summed E-state index contributed by atoms with van der Waals surface area (Å²) in [4.78, 5) is 0. The minimum absolute atomic E-state index is 0.998. The van der Waals surface area contributed by atoms with Gasteiger partial charge in [0, 0.05) is 16.8 Å². The van der Waals surface area contributed by atoms with Crippen LogP contribution in [-0.4, -0.2) is 4.57 Å². The summed E-state index contributed by atoms with van der Waals surface area (Å²) >= 11 is 0. The monoisotopic (exact) mass is 289 g/mol. The number of hydrogen-bond donors (Lipinski definition) is 0. The first-order valence-corrected chi connectivity index (χ1v) is 8.11. The van der Waals surface area contributed by atoms with Crippen LogP contribution in [0.3, 0.4) is 0 Å². The van der Waals surface area contributed by atoms with Crippen molar-refractivity contribution in [3.05, 3.63) is 65.0 Å². The first kappa shape index (κ1) is 14.6. The molecular formula is C21H23N. The zero-order chi connectivity index (χ0) is 15.4. The molecule has 1 heterocycles. The Morgan fingerprint density at radius 2 is 1.73 bits per heavy atom. The van der Waals surface area contributed by atoms with Crippen LogP contribution >= 0.6 is 0 Å². The lowest BCUT2D eigenvalue weighted by Crippen LogP contribution is -2.02. The second kappa shape index (κ2) is 6.65. The van der Waals surface area contributed by atoms with Crippen molar-refractivity contribution in [2.45, 2.75) is 33.1 Å². The lowest BCUT2D eigenvalue weighted by Gasteiger charge is -2.14. The van der Waals surface area contributed by atoms with Crippen LogP contribution < -0.4 is 0 Å². The molecule has 112 valence electrons. The number of nitrogens with zero attached hydrogens (tertiary/aromatic N) is 1. The molecule has 0 N–H and O–H groups in total. The van der Waals surface area contributed by atoms with Crippen LogP contribution in [0.1, 0.15) is 55.6 Å². The van der Waals surface area contributed by atoms with Crippen molar-refractivity contribution in [3.63, 3.8) is 0 Å². The van der Waals surface area contributed by atoms with Gasteiger partial charge in [-0.1, -0.05) is 48.6 Å². The maximum atomic E-state index is 2.40. The molecule has 0 spiro atoms. The average Bonchev–Trinajstić information content (AvgIpc) is 2.70. The Morgan fingerprint density at radius 1 is 0.909 bits per heavy atom. The lowest BCUT2D eigenvalue weighted by molar-refractivity contribution is 0.992. The Morgan fingerprint density at radius 3 is 2.45 bits per heavy atom. The summed E-state index contributed by atoms with van der Waals surface area (Å²) in [7, 11) is 0. The van der Waals surface area contributed by atoms with Crippen LogP contribution in [0.4, 0.5) is 0 Å². The van der Waals surface area contributed by atoms with Gasteiger partial charge in [-0.15, -0.1) is 0 Å². The molecule has 1 nitrogen and oxygen atoms in total. The van der Waals surface area contributed by atoms with Gasteiger partial charge in [0.05, 0.1) is 11.4 Å². The van der Waals surface area contributed by atoms with Crippen molar-refractivity contribution in [3.8, 4) is 0 Å². The first-order chi connectivity index (χ1) is 10.9. The van der Waals surface area contributed by atoms with Crippen molar-refractivity contribution >= 4 is 30.0 Å². The molecule has 1 aromatic rings. The van der Waals surface area contributed by atoms with E-state index < -0.39 is 0 Å². The second-order valence-electron chi connectivity index (χ2n) is 5.58. The van der Waals surface area contributed by atoms with Gasteiger partial charge in [0.25, 0.3) is 0 Å². The molecular weight excluding hydrogens is 266 g/mol. The van der Waals surface area contributed by atoms with E-state index in [4.69, 9.17) is 0 Å². The Hall–Kier alpha value is -2.28. The van der Waals surface area contributed by atoms with Gasteiger partial charge in [-0.05, 0) is 51.3 Å². The van der Waals surface area contributed by atoms with Gasteiger partial charge >= 0.3 is 0 Å². The zero-order valence-electron chi connectivity index (χ0n) is 13.4. The standard InChI is InChI=1S/C21H23N/c1-3-11-18-19-15-9-6-10-16-21(19)22(20(18)12-4-2)17-13-7-5-8-14-17/h3-4,7,9-16H,5-6,8H2,1-2H3/b11-3-,12-4-. The van der Waals surface area contributed by atoms with E-state index in [2.05, 4.69) is 85.3 Å². The number of rotatable bonds is 3. The molecule has 0 aromatic carbocycles. The second-order valence-corrected chi connectivity index (χ2v) is 5.58. The van der Waals surface area contributed by atoms with Crippen LogP contribution in [0.5, 0.6) is 0 Å². The largest absolute Gasteiger partial charge is 0.310 e. The predicted octanol–water partition coefficient (Wildman–Crippen LogP) is 6.18. The maximum Gasteiger partial charge on any atom is 0.0537 e. The highest BCUT2D eigenvalue weighted by molar-refractivity contribution is 5.84. The molecule has 0 aliphatic heterocycles. The fourth-order valence-electron chi connectivity index (χ4n) is 3.14. The van der Waals surface area contributed by atoms with E-state index in [1.807, 2.05) is 0 Å². The SMILES string of the molecule is C/C=C\c1c2c(n(C3=CCCC=C3)c1/C=C\C)C=CCC=C2. The van der Waals surface area contributed by atoms with Gasteiger partial charge in [0.1, 0.15) is 0 Å². The van der Waals surface area contributed by atoms with Crippen LogP contribution in [-0.2, 0) is 0 Å². The van der Waals surface area contributed by atoms with E-state index >= 15 is 0 Å². The normalized spacial score (nSPS) is 17.3. The molecule has 3 rings (SSSR count). The Bertz CT molecular complexity index is 730. The highest BCUT2D eigenvalue weighted by Crippen LogP contribution is 2.34. The van der Waals surface area contributed by atoms with E-state index in [0.29, 0.717) is 0 Å². The molecule has 0 atom stereocenters. The van der Waals surface area contributed by atoms with Crippen molar-refractivity contribution in [2.24, 2.45) is 0 Å². The van der Waals surface area contributed by atoms with Crippen LogP contribution in [0.2, 0.25) is 0 Å². The lowest BCUT2D eigenvalue weighted by atomic mass is 10.1. The third-order valence-electron chi connectivity index (χ3n) is 4.05. The summed E-state index contributed by atoms with van der Waals surface area (Å²) < 4.78 is 2.40. The molecule has 0 fully saturated rings.